The van der Waals surface area contributed by atoms with E-state index in [1.807, 2.05) is 25.1 Å². The van der Waals surface area contributed by atoms with E-state index in [1.54, 1.807) is 16.8 Å². The van der Waals surface area contributed by atoms with Crippen molar-refractivity contribution in [2.24, 2.45) is 0 Å². The molecule has 34 heavy (non-hydrogen) atoms. The van der Waals surface area contributed by atoms with Gasteiger partial charge in [0.1, 0.15) is 18.5 Å². The van der Waals surface area contributed by atoms with Crippen molar-refractivity contribution < 1.29 is 9.84 Å². The average Bonchev–Trinajstić information content (AvgIpc) is 3.23. The van der Waals surface area contributed by atoms with Crippen molar-refractivity contribution >= 4 is 55.7 Å². The molecule has 0 bridgehead atoms. The zero-order chi connectivity index (χ0) is 23.5. The number of hydrazine groups is 1. The Bertz CT molecular complexity index is 1280. The van der Waals surface area contributed by atoms with Gasteiger partial charge in [0, 0.05) is 44.2 Å². The minimum Gasteiger partial charge on any atom is -0.491 e. The van der Waals surface area contributed by atoms with Gasteiger partial charge in [0.05, 0.1) is 26.4 Å². The lowest BCUT2D eigenvalue weighted by atomic mass is 10.1. The molecule has 1 aromatic heterocycles. The number of hydrogen-bond acceptors (Lipinski definition) is 7. The zero-order valence-electron chi connectivity index (χ0n) is 19.1. The maximum atomic E-state index is 10.6. The fraction of sp³-hybridized carbons (Fsp3) is 0.308. The Hall–Kier alpha value is -2.62. The number of aliphatic hydroxyl groups excluding tert-OH is 1. The van der Waals surface area contributed by atoms with E-state index in [1.165, 1.54) is 10.8 Å². The first-order chi connectivity index (χ1) is 16.6. The van der Waals surface area contributed by atoms with Gasteiger partial charge in [-0.05, 0) is 30.5 Å². The van der Waals surface area contributed by atoms with Gasteiger partial charge in [-0.3, -0.25) is 9.91 Å². The molecule has 0 unspecified atom stereocenters. The monoisotopic (exact) mass is 492 g/mol. The van der Waals surface area contributed by atoms with Crippen LogP contribution >= 0.6 is 23.6 Å². The number of benzene rings is 3. The Labute approximate surface area is 209 Å². The quantitative estimate of drug-likeness (QED) is 0.364. The molecule has 0 amide bonds. The summed E-state index contributed by atoms with van der Waals surface area (Å²) in [5.41, 5.74) is 3.77. The summed E-state index contributed by atoms with van der Waals surface area (Å²) in [7, 11) is 0. The molecule has 5 rings (SSSR count). The first-order valence-corrected chi connectivity index (χ1v) is 12.8. The lowest BCUT2D eigenvalue weighted by Gasteiger charge is -2.40. The lowest BCUT2D eigenvalue weighted by molar-refractivity contribution is 0.0470. The standard InChI is InChI=1S/C26H28N4O2S2/c1-19-27-24-15-22(9-10-26(24)34-19)32-17-21(31)16-28-11-13-29(14-12-28)30(18-33)25-8-4-6-20-5-2-3-7-23(20)25/h2-10,15,18,21,31H,11-14,16-17H2,1H3/t21-/m1/s1. The second-order valence-electron chi connectivity index (χ2n) is 8.53. The molecular formula is C26H28N4O2S2. The minimum atomic E-state index is -0.556. The highest BCUT2D eigenvalue weighted by atomic mass is 32.1. The van der Waals surface area contributed by atoms with E-state index in [-0.39, 0.29) is 6.61 Å². The molecule has 0 saturated carbocycles. The van der Waals surface area contributed by atoms with Gasteiger partial charge < -0.3 is 9.84 Å². The highest BCUT2D eigenvalue weighted by Crippen LogP contribution is 2.28. The molecule has 2 heterocycles. The molecule has 8 heteroatoms. The van der Waals surface area contributed by atoms with Crippen LogP contribution in [0.15, 0.2) is 60.7 Å². The largest absolute Gasteiger partial charge is 0.491 e. The number of ether oxygens (including phenoxy) is 1. The van der Waals surface area contributed by atoms with Crippen LogP contribution in [0.3, 0.4) is 0 Å². The molecular weight excluding hydrogens is 464 g/mol. The molecule has 0 aliphatic carbocycles. The van der Waals surface area contributed by atoms with Crippen LogP contribution in [-0.2, 0) is 0 Å². The highest BCUT2D eigenvalue weighted by Gasteiger charge is 2.24. The van der Waals surface area contributed by atoms with E-state index in [0.717, 1.165) is 52.8 Å². The van der Waals surface area contributed by atoms with Crippen LogP contribution in [0.5, 0.6) is 5.75 Å². The second kappa shape index (κ2) is 10.3. The van der Waals surface area contributed by atoms with Crippen LogP contribution < -0.4 is 9.75 Å². The third-order valence-electron chi connectivity index (χ3n) is 6.14. The van der Waals surface area contributed by atoms with E-state index in [4.69, 9.17) is 17.0 Å². The fourth-order valence-electron chi connectivity index (χ4n) is 4.47. The molecule has 1 aliphatic rings. The summed E-state index contributed by atoms with van der Waals surface area (Å²) in [6.45, 7) is 6.22. The van der Waals surface area contributed by atoms with Crippen LogP contribution in [0.4, 0.5) is 5.69 Å². The maximum Gasteiger partial charge on any atom is 0.121 e. The number of aliphatic hydroxyl groups is 1. The zero-order valence-corrected chi connectivity index (χ0v) is 20.8. The van der Waals surface area contributed by atoms with Gasteiger partial charge >= 0.3 is 0 Å². The lowest BCUT2D eigenvalue weighted by Crippen LogP contribution is -2.54. The third kappa shape index (κ3) is 5.06. The summed E-state index contributed by atoms with van der Waals surface area (Å²) >= 11 is 7.07. The van der Waals surface area contributed by atoms with Crippen LogP contribution in [0, 0.1) is 6.92 Å². The molecule has 4 aromatic rings. The average molecular weight is 493 g/mol. The molecule has 176 valence electrons. The van der Waals surface area contributed by atoms with E-state index >= 15 is 0 Å². The summed E-state index contributed by atoms with van der Waals surface area (Å²) in [6.07, 6.45) is -0.556. The number of anilines is 1. The normalized spacial score (nSPS) is 16.1. The molecule has 0 spiro atoms. The summed E-state index contributed by atoms with van der Waals surface area (Å²) in [6, 6.07) is 20.6. The number of piperazine rings is 1. The number of fused-ring (bicyclic) bond motifs is 2. The molecule has 1 atom stereocenters. The van der Waals surface area contributed by atoms with Crippen molar-refractivity contribution in [1.82, 2.24) is 14.9 Å². The van der Waals surface area contributed by atoms with Crippen molar-refractivity contribution in [2.45, 2.75) is 13.0 Å². The van der Waals surface area contributed by atoms with Crippen molar-refractivity contribution in [3.05, 3.63) is 65.7 Å². The summed E-state index contributed by atoms with van der Waals surface area (Å²) < 4.78 is 7.00. The topological polar surface area (TPSA) is 52.1 Å². The van der Waals surface area contributed by atoms with Gasteiger partial charge in [-0.2, -0.15) is 0 Å². The number of aryl methyl sites for hydroxylation is 1. The van der Waals surface area contributed by atoms with Crippen molar-refractivity contribution in [3.8, 4) is 5.75 Å². The van der Waals surface area contributed by atoms with Crippen LogP contribution in [0.25, 0.3) is 21.0 Å². The third-order valence-corrected chi connectivity index (χ3v) is 7.30. The smallest absolute Gasteiger partial charge is 0.121 e. The van der Waals surface area contributed by atoms with Crippen LogP contribution in [0.1, 0.15) is 5.01 Å². The second-order valence-corrected chi connectivity index (χ2v) is 9.98. The first-order valence-electron chi connectivity index (χ1n) is 11.5. The van der Waals surface area contributed by atoms with Crippen molar-refractivity contribution in [2.75, 3.05) is 44.3 Å². The van der Waals surface area contributed by atoms with E-state index in [9.17, 15) is 5.11 Å². The van der Waals surface area contributed by atoms with Crippen molar-refractivity contribution in [1.29, 1.82) is 0 Å². The SMILES string of the molecule is Cc1nc2cc(OC[C@H](O)CN3CCN(N(C=S)c4cccc5ccccc45)CC3)ccc2s1. The number of hydrogen-bond donors (Lipinski definition) is 1. The van der Waals surface area contributed by atoms with Gasteiger partial charge in [-0.15, -0.1) is 11.3 Å². The number of β-amino-alcohol motifs (C(OH)–C–C–N with tert-alkyl or cyclic N) is 1. The Morgan fingerprint density at radius 2 is 1.91 bits per heavy atom. The molecule has 3 aromatic carbocycles. The van der Waals surface area contributed by atoms with Gasteiger partial charge in [0.2, 0.25) is 0 Å². The number of aromatic nitrogens is 1. The number of thiocarbonyl (C=S) groups is 1. The van der Waals surface area contributed by atoms with E-state index in [0.29, 0.717) is 6.54 Å². The summed E-state index contributed by atoms with van der Waals surface area (Å²) in [5, 5.41) is 18.4. The molecule has 1 N–H and O–H groups in total. The fourth-order valence-corrected chi connectivity index (χ4v) is 5.53. The van der Waals surface area contributed by atoms with Crippen molar-refractivity contribution in [3.63, 3.8) is 0 Å². The summed E-state index contributed by atoms with van der Waals surface area (Å²) in [4.78, 5) is 6.79. The van der Waals surface area contributed by atoms with E-state index in [2.05, 4.69) is 62.4 Å². The Kier molecular flexibility index (Phi) is 7.03. The van der Waals surface area contributed by atoms with Gasteiger partial charge in [-0.25, -0.2) is 9.99 Å². The van der Waals surface area contributed by atoms with Gasteiger partial charge in [0.25, 0.3) is 0 Å². The minimum absolute atomic E-state index is 0.261. The molecule has 1 fully saturated rings. The van der Waals surface area contributed by atoms with Crippen LogP contribution in [0.2, 0.25) is 0 Å². The summed E-state index contributed by atoms with van der Waals surface area (Å²) in [5.74, 6) is 0.744. The Balaban J connectivity index is 1.15. The predicted molar refractivity (Wildman–Crippen MR) is 144 cm³/mol. The number of thiazole rings is 1. The van der Waals surface area contributed by atoms with Gasteiger partial charge in [0.15, 0.2) is 0 Å². The number of rotatable bonds is 8. The number of nitrogens with zero attached hydrogens (tertiary/aromatic N) is 4. The van der Waals surface area contributed by atoms with Gasteiger partial charge in [-0.1, -0.05) is 48.6 Å². The highest BCUT2D eigenvalue weighted by molar-refractivity contribution is 7.79. The maximum absolute atomic E-state index is 10.6. The Morgan fingerprint density at radius 3 is 2.74 bits per heavy atom. The first kappa shape index (κ1) is 23.1. The van der Waals surface area contributed by atoms with E-state index < -0.39 is 6.10 Å². The molecule has 0 radical (unpaired) electrons. The predicted octanol–water partition coefficient (Wildman–Crippen LogP) is 4.49. The Morgan fingerprint density at radius 1 is 1.12 bits per heavy atom. The molecule has 1 aliphatic heterocycles. The molecule has 6 nitrogen and oxygen atoms in total. The van der Waals surface area contributed by atoms with Crippen LogP contribution in [-0.4, -0.2) is 70.9 Å². The molecule has 1 saturated heterocycles.